The monoisotopic (exact) mass is 169 g/mol. The van der Waals surface area contributed by atoms with Crippen LogP contribution in [0.3, 0.4) is 0 Å². The number of rotatable bonds is 5. The topological polar surface area (TPSA) is 12.0 Å². The molecule has 1 aliphatic rings. The van der Waals surface area contributed by atoms with Gasteiger partial charge < -0.3 is 5.32 Å². The molecule has 0 aromatic heterocycles. The predicted molar refractivity (Wildman–Crippen MR) is 54.3 cm³/mol. The first-order chi connectivity index (χ1) is 5.59. The summed E-state index contributed by atoms with van der Waals surface area (Å²) in [6.07, 6.45) is 4.24. The molecule has 72 valence electrons. The van der Waals surface area contributed by atoms with Crippen molar-refractivity contribution in [2.24, 2.45) is 11.3 Å². The maximum atomic E-state index is 3.64. The second kappa shape index (κ2) is 3.78. The van der Waals surface area contributed by atoms with Gasteiger partial charge in [0.05, 0.1) is 0 Å². The van der Waals surface area contributed by atoms with Crippen LogP contribution in [-0.2, 0) is 0 Å². The molecule has 0 amide bonds. The van der Waals surface area contributed by atoms with E-state index in [1.54, 1.807) is 0 Å². The molecule has 0 radical (unpaired) electrons. The third-order valence-electron chi connectivity index (χ3n) is 3.51. The van der Waals surface area contributed by atoms with Gasteiger partial charge in [-0.05, 0) is 37.5 Å². The fraction of sp³-hybridized carbons (Fsp3) is 1.00. The molecule has 1 fully saturated rings. The molecule has 12 heavy (non-hydrogen) atoms. The van der Waals surface area contributed by atoms with Crippen molar-refractivity contribution in [3.63, 3.8) is 0 Å². The van der Waals surface area contributed by atoms with Crippen molar-refractivity contribution in [2.75, 3.05) is 6.54 Å². The Kier molecular flexibility index (Phi) is 3.16. The maximum absolute atomic E-state index is 3.64. The van der Waals surface area contributed by atoms with Crippen molar-refractivity contribution < 1.29 is 0 Å². The summed E-state index contributed by atoms with van der Waals surface area (Å²) in [4.78, 5) is 0. The summed E-state index contributed by atoms with van der Waals surface area (Å²) in [6, 6.07) is 0.675. The smallest absolute Gasteiger partial charge is 0.00619 e. The second-order valence-corrected chi connectivity index (χ2v) is 4.77. The highest BCUT2D eigenvalue weighted by Gasteiger charge is 2.40. The van der Waals surface area contributed by atoms with E-state index in [2.05, 4.69) is 33.0 Å². The third kappa shape index (κ3) is 2.48. The summed E-state index contributed by atoms with van der Waals surface area (Å²) in [7, 11) is 0. The molecule has 1 unspecified atom stereocenters. The maximum Gasteiger partial charge on any atom is 0.00619 e. The van der Waals surface area contributed by atoms with Gasteiger partial charge in [-0.3, -0.25) is 0 Å². The molecule has 0 heterocycles. The van der Waals surface area contributed by atoms with Crippen molar-refractivity contribution in [3.8, 4) is 0 Å². The number of nitrogens with one attached hydrogen (secondary N) is 1. The van der Waals surface area contributed by atoms with Crippen LogP contribution in [0.15, 0.2) is 0 Å². The van der Waals surface area contributed by atoms with Gasteiger partial charge in [0.2, 0.25) is 0 Å². The zero-order valence-electron chi connectivity index (χ0n) is 8.98. The third-order valence-corrected chi connectivity index (χ3v) is 3.51. The second-order valence-electron chi connectivity index (χ2n) is 4.77. The number of hydrogen-bond donors (Lipinski definition) is 1. The molecule has 1 N–H and O–H groups in total. The Morgan fingerprint density at radius 3 is 2.17 bits per heavy atom. The lowest BCUT2D eigenvalue weighted by atomic mass is 10.0. The minimum Gasteiger partial charge on any atom is -0.313 e. The van der Waals surface area contributed by atoms with Crippen LogP contribution in [-0.4, -0.2) is 12.6 Å². The first-order valence-corrected chi connectivity index (χ1v) is 5.33. The van der Waals surface area contributed by atoms with Crippen LogP contribution in [0.4, 0.5) is 0 Å². The van der Waals surface area contributed by atoms with E-state index in [9.17, 15) is 0 Å². The van der Waals surface area contributed by atoms with Crippen molar-refractivity contribution in [1.82, 2.24) is 5.32 Å². The number of hydrogen-bond acceptors (Lipinski definition) is 1. The Bertz CT molecular complexity index is 136. The SMILES string of the molecule is CCC1(CNC(C)C(C)C)CC1. The molecule has 0 aliphatic heterocycles. The van der Waals surface area contributed by atoms with E-state index >= 15 is 0 Å². The van der Waals surface area contributed by atoms with E-state index in [-0.39, 0.29) is 0 Å². The summed E-state index contributed by atoms with van der Waals surface area (Å²) in [5.74, 6) is 0.762. The molecule has 1 nitrogen and oxygen atoms in total. The molecular formula is C11H23N. The van der Waals surface area contributed by atoms with Gasteiger partial charge in [0.1, 0.15) is 0 Å². The summed E-state index contributed by atoms with van der Waals surface area (Å²) in [5.41, 5.74) is 0.698. The Balaban J connectivity index is 2.17. The molecule has 1 aliphatic carbocycles. The van der Waals surface area contributed by atoms with Crippen LogP contribution in [0.5, 0.6) is 0 Å². The fourth-order valence-electron chi connectivity index (χ4n) is 1.45. The van der Waals surface area contributed by atoms with Gasteiger partial charge in [0.15, 0.2) is 0 Å². The minimum absolute atomic E-state index is 0.675. The molecule has 1 atom stereocenters. The highest BCUT2D eigenvalue weighted by Crippen LogP contribution is 2.47. The summed E-state index contributed by atoms with van der Waals surface area (Å²) < 4.78 is 0. The predicted octanol–water partition coefficient (Wildman–Crippen LogP) is 2.81. The van der Waals surface area contributed by atoms with E-state index in [1.165, 1.54) is 25.8 Å². The standard InChI is InChI=1S/C11H23N/c1-5-11(6-7-11)8-12-10(4)9(2)3/h9-10,12H,5-8H2,1-4H3. The van der Waals surface area contributed by atoms with Gasteiger partial charge in [-0.25, -0.2) is 0 Å². The van der Waals surface area contributed by atoms with Crippen molar-refractivity contribution in [3.05, 3.63) is 0 Å². The van der Waals surface area contributed by atoms with Gasteiger partial charge in [0, 0.05) is 12.6 Å². The van der Waals surface area contributed by atoms with Crippen LogP contribution in [0.25, 0.3) is 0 Å². The van der Waals surface area contributed by atoms with Crippen molar-refractivity contribution in [2.45, 2.75) is 53.0 Å². The van der Waals surface area contributed by atoms with E-state index in [0.717, 1.165) is 5.92 Å². The lowest BCUT2D eigenvalue weighted by molar-refractivity contribution is 0.363. The Morgan fingerprint density at radius 1 is 1.25 bits per heavy atom. The molecular weight excluding hydrogens is 146 g/mol. The van der Waals surface area contributed by atoms with Gasteiger partial charge in [0.25, 0.3) is 0 Å². The quantitative estimate of drug-likeness (QED) is 0.667. The van der Waals surface area contributed by atoms with Crippen LogP contribution in [0.1, 0.15) is 47.0 Å². The molecule has 1 rings (SSSR count). The normalized spacial score (nSPS) is 22.8. The van der Waals surface area contributed by atoms with Gasteiger partial charge in [-0.2, -0.15) is 0 Å². The van der Waals surface area contributed by atoms with Gasteiger partial charge in [-0.15, -0.1) is 0 Å². The molecule has 1 heteroatoms. The van der Waals surface area contributed by atoms with Crippen molar-refractivity contribution >= 4 is 0 Å². The van der Waals surface area contributed by atoms with E-state index in [4.69, 9.17) is 0 Å². The lowest BCUT2D eigenvalue weighted by Crippen LogP contribution is -2.35. The molecule has 0 aromatic carbocycles. The average molecular weight is 169 g/mol. The highest BCUT2D eigenvalue weighted by molar-refractivity contribution is 4.94. The molecule has 0 spiro atoms. The summed E-state index contributed by atoms with van der Waals surface area (Å²) >= 11 is 0. The Morgan fingerprint density at radius 2 is 1.83 bits per heavy atom. The van der Waals surface area contributed by atoms with E-state index in [1.807, 2.05) is 0 Å². The molecule has 0 bridgehead atoms. The molecule has 1 saturated carbocycles. The van der Waals surface area contributed by atoms with Crippen LogP contribution < -0.4 is 5.32 Å². The van der Waals surface area contributed by atoms with Gasteiger partial charge >= 0.3 is 0 Å². The summed E-state index contributed by atoms with van der Waals surface area (Å²) in [5, 5.41) is 3.64. The lowest BCUT2D eigenvalue weighted by Gasteiger charge is -2.21. The zero-order valence-corrected chi connectivity index (χ0v) is 8.98. The van der Waals surface area contributed by atoms with Gasteiger partial charge in [-0.1, -0.05) is 20.8 Å². The first kappa shape index (κ1) is 10.0. The highest BCUT2D eigenvalue weighted by atomic mass is 14.9. The molecule has 0 aromatic rings. The first-order valence-electron chi connectivity index (χ1n) is 5.33. The largest absolute Gasteiger partial charge is 0.313 e. The van der Waals surface area contributed by atoms with E-state index in [0.29, 0.717) is 11.5 Å². The Hall–Kier alpha value is -0.0400. The Labute approximate surface area is 76.9 Å². The van der Waals surface area contributed by atoms with Crippen LogP contribution >= 0.6 is 0 Å². The van der Waals surface area contributed by atoms with Crippen molar-refractivity contribution in [1.29, 1.82) is 0 Å². The zero-order chi connectivity index (χ0) is 9.19. The van der Waals surface area contributed by atoms with Crippen LogP contribution in [0.2, 0.25) is 0 Å². The summed E-state index contributed by atoms with van der Waals surface area (Å²) in [6.45, 7) is 10.4. The van der Waals surface area contributed by atoms with E-state index < -0.39 is 0 Å². The fourth-order valence-corrected chi connectivity index (χ4v) is 1.45. The molecule has 0 saturated heterocycles. The average Bonchev–Trinajstić information content (AvgIpc) is 2.81. The minimum atomic E-state index is 0.675. The van der Waals surface area contributed by atoms with Crippen LogP contribution in [0, 0.1) is 11.3 Å².